The molecule has 1 aromatic heterocycles. The third-order valence-corrected chi connectivity index (χ3v) is 2.79. The largest absolute Gasteiger partial charge is 0.333 e. The molecule has 0 aromatic carbocycles. The molecule has 0 aliphatic carbocycles. The second-order valence-electron chi connectivity index (χ2n) is 4.44. The van der Waals surface area contributed by atoms with E-state index in [0.717, 1.165) is 49.8 Å². The van der Waals surface area contributed by atoms with Gasteiger partial charge in [-0.25, -0.2) is 9.97 Å². The van der Waals surface area contributed by atoms with Crippen LogP contribution >= 0.6 is 0 Å². The molecule has 1 rings (SSSR count). The van der Waals surface area contributed by atoms with Gasteiger partial charge in [0.2, 0.25) is 5.95 Å². The highest BCUT2D eigenvalue weighted by atomic mass is 15.2. The molecule has 104 valence electrons. The minimum absolute atomic E-state index is 0.721. The fourth-order valence-corrected chi connectivity index (χ4v) is 1.76. The van der Waals surface area contributed by atoms with Crippen LogP contribution < -0.4 is 10.2 Å². The van der Waals surface area contributed by atoms with E-state index in [9.17, 15) is 0 Å². The summed E-state index contributed by atoms with van der Waals surface area (Å²) >= 11 is 0. The van der Waals surface area contributed by atoms with Crippen LogP contribution in [0.4, 0.5) is 5.95 Å². The highest BCUT2D eigenvalue weighted by molar-refractivity contribution is 5.34. The molecule has 1 N–H and O–H groups in total. The van der Waals surface area contributed by atoms with Gasteiger partial charge in [-0.3, -0.25) is 0 Å². The van der Waals surface area contributed by atoms with Crippen LogP contribution in [-0.4, -0.2) is 29.6 Å². The lowest BCUT2D eigenvalue weighted by Crippen LogP contribution is -2.26. The van der Waals surface area contributed by atoms with Gasteiger partial charge in [0.1, 0.15) is 0 Å². The molecule has 0 fully saturated rings. The summed E-state index contributed by atoms with van der Waals surface area (Å²) in [5, 5.41) is 3.37. The first-order valence-corrected chi connectivity index (χ1v) is 6.72. The summed E-state index contributed by atoms with van der Waals surface area (Å²) in [5.41, 5.74) is 2.17. The summed E-state index contributed by atoms with van der Waals surface area (Å²) < 4.78 is 0. The van der Waals surface area contributed by atoms with Crippen molar-refractivity contribution in [2.75, 3.05) is 24.5 Å². The van der Waals surface area contributed by atoms with Gasteiger partial charge in [0.05, 0.1) is 0 Å². The van der Waals surface area contributed by atoms with E-state index < -0.39 is 0 Å². The third kappa shape index (κ3) is 4.83. The van der Waals surface area contributed by atoms with Crippen molar-refractivity contribution in [3.8, 4) is 0 Å². The van der Waals surface area contributed by atoms with Crippen molar-refractivity contribution < 1.29 is 0 Å². The summed E-state index contributed by atoms with van der Waals surface area (Å²) in [6, 6.07) is 0. The molecular weight excluding hydrogens is 236 g/mol. The van der Waals surface area contributed by atoms with Crippen molar-refractivity contribution in [1.82, 2.24) is 15.3 Å². The standard InChI is InChI=1S/C15H24N4/c1-5-8-16-11-14-12-17-15(18-13(14)4)19(9-6-2)10-7-3/h6-7,12,16H,2-3,5,8-11H2,1,4H3. The molecule has 0 atom stereocenters. The summed E-state index contributed by atoms with van der Waals surface area (Å²) in [6.07, 6.45) is 6.72. The molecule has 0 saturated heterocycles. The maximum atomic E-state index is 4.57. The molecular formula is C15H24N4. The predicted molar refractivity (Wildman–Crippen MR) is 81.4 cm³/mol. The van der Waals surface area contributed by atoms with Gasteiger partial charge in [0, 0.05) is 37.1 Å². The van der Waals surface area contributed by atoms with E-state index >= 15 is 0 Å². The Morgan fingerprint density at radius 1 is 1.32 bits per heavy atom. The minimum atomic E-state index is 0.721. The van der Waals surface area contributed by atoms with Crippen LogP contribution in [0.1, 0.15) is 24.6 Å². The maximum Gasteiger partial charge on any atom is 0.226 e. The monoisotopic (exact) mass is 260 g/mol. The average Bonchev–Trinajstić information content (AvgIpc) is 2.40. The van der Waals surface area contributed by atoms with Gasteiger partial charge in [-0.15, -0.1) is 13.2 Å². The van der Waals surface area contributed by atoms with Crippen LogP contribution in [0.3, 0.4) is 0 Å². The lowest BCUT2D eigenvalue weighted by molar-refractivity contribution is 0.668. The first kappa shape index (κ1) is 15.4. The third-order valence-electron chi connectivity index (χ3n) is 2.79. The van der Waals surface area contributed by atoms with Crippen molar-refractivity contribution >= 4 is 5.95 Å². The number of hydrogen-bond acceptors (Lipinski definition) is 4. The van der Waals surface area contributed by atoms with E-state index in [4.69, 9.17) is 0 Å². The molecule has 0 saturated carbocycles. The minimum Gasteiger partial charge on any atom is -0.333 e. The van der Waals surface area contributed by atoms with E-state index in [1.807, 2.05) is 30.2 Å². The zero-order chi connectivity index (χ0) is 14.1. The lowest BCUT2D eigenvalue weighted by atomic mass is 10.2. The van der Waals surface area contributed by atoms with Crippen LogP contribution in [0, 0.1) is 6.92 Å². The molecule has 1 aromatic rings. The number of aryl methyl sites for hydroxylation is 1. The Labute approximate surface area is 116 Å². The Bertz CT molecular complexity index is 405. The lowest BCUT2D eigenvalue weighted by Gasteiger charge is -2.20. The van der Waals surface area contributed by atoms with E-state index in [1.54, 1.807) is 0 Å². The van der Waals surface area contributed by atoms with Gasteiger partial charge in [-0.1, -0.05) is 19.1 Å². The van der Waals surface area contributed by atoms with Gasteiger partial charge in [-0.05, 0) is 19.9 Å². The topological polar surface area (TPSA) is 41.1 Å². The molecule has 0 unspecified atom stereocenters. The van der Waals surface area contributed by atoms with Crippen molar-refractivity contribution in [3.63, 3.8) is 0 Å². The zero-order valence-corrected chi connectivity index (χ0v) is 12.0. The highest BCUT2D eigenvalue weighted by Gasteiger charge is 2.08. The first-order chi connectivity index (χ1) is 9.22. The van der Waals surface area contributed by atoms with E-state index in [-0.39, 0.29) is 0 Å². The van der Waals surface area contributed by atoms with E-state index in [1.165, 1.54) is 0 Å². The van der Waals surface area contributed by atoms with E-state index in [0.29, 0.717) is 0 Å². The summed E-state index contributed by atoms with van der Waals surface area (Å²) in [6.45, 7) is 15.0. The number of anilines is 1. The Morgan fingerprint density at radius 2 is 2.00 bits per heavy atom. The Kier molecular flexibility index (Phi) is 6.82. The van der Waals surface area contributed by atoms with Crippen molar-refractivity contribution in [2.45, 2.75) is 26.8 Å². The number of aromatic nitrogens is 2. The molecule has 0 aliphatic rings. The molecule has 4 nitrogen and oxygen atoms in total. The Hall–Kier alpha value is -1.68. The highest BCUT2D eigenvalue weighted by Crippen LogP contribution is 2.11. The van der Waals surface area contributed by atoms with Crippen LogP contribution in [0.25, 0.3) is 0 Å². The van der Waals surface area contributed by atoms with Gasteiger partial charge < -0.3 is 10.2 Å². The maximum absolute atomic E-state index is 4.57. The van der Waals surface area contributed by atoms with Crippen molar-refractivity contribution in [2.24, 2.45) is 0 Å². The SMILES string of the molecule is C=CCN(CC=C)c1ncc(CNCCC)c(C)n1. The quantitative estimate of drug-likeness (QED) is 0.547. The zero-order valence-electron chi connectivity index (χ0n) is 12.0. The molecule has 0 amide bonds. The first-order valence-electron chi connectivity index (χ1n) is 6.72. The fourth-order valence-electron chi connectivity index (χ4n) is 1.76. The smallest absolute Gasteiger partial charge is 0.226 e. The number of nitrogens with one attached hydrogen (secondary N) is 1. The Balaban J connectivity index is 2.78. The fraction of sp³-hybridized carbons (Fsp3) is 0.467. The second kappa shape index (κ2) is 8.43. The van der Waals surface area contributed by atoms with Crippen LogP contribution in [-0.2, 0) is 6.54 Å². The van der Waals surface area contributed by atoms with Crippen LogP contribution in [0.15, 0.2) is 31.5 Å². The van der Waals surface area contributed by atoms with Crippen LogP contribution in [0.5, 0.6) is 0 Å². The normalized spacial score (nSPS) is 10.2. The second-order valence-corrected chi connectivity index (χ2v) is 4.44. The van der Waals surface area contributed by atoms with Gasteiger partial charge in [-0.2, -0.15) is 0 Å². The predicted octanol–water partition coefficient (Wildman–Crippen LogP) is 2.46. The molecule has 0 aliphatic heterocycles. The average molecular weight is 260 g/mol. The molecule has 19 heavy (non-hydrogen) atoms. The van der Waals surface area contributed by atoms with Gasteiger partial charge in [0.25, 0.3) is 0 Å². The van der Waals surface area contributed by atoms with Crippen molar-refractivity contribution in [1.29, 1.82) is 0 Å². The van der Waals surface area contributed by atoms with Crippen LogP contribution in [0.2, 0.25) is 0 Å². The summed E-state index contributed by atoms with van der Waals surface area (Å²) in [4.78, 5) is 11.0. The molecule has 4 heteroatoms. The molecule has 0 radical (unpaired) electrons. The number of hydrogen-bond donors (Lipinski definition) is 1. The number of rotatable bonds is 9. The number of nitrogens with zero attached hydrogens (tertiary/aromatic N) is 3. The molecule has 0 spiro atoms. The summed E-state index contributed by atoms with van der Waals surface area (Å²) in [7, 11) is 0. The molecule has 0 bridgehead atoms. The van der Waals surface area contributed by atoms with E-state index in [2.05, 4.69) is 35.4 Å². The summed E-state index contributed by atoms with van der Waals surface area (Å²) in [5.74, 6) is 0.733. The van der Waals surface area contributed by atoms with Gasteiger partial charge in [0.15, 0.2) is 0 Å². The van der Waals surface area contributed by atoms with Gasteiger partial charge >= 0.3 is 0 Å². The Morgan fingerprint density at radius 3 is 2.53 bits per heavy atom. The van der Waals surface area contributed by atoms with Crippen molar-refractivity contribution in [3.05, 3.63) is 42.8 Å². The molecule has 1 heterocycles.